The van der Waals surface area contributed by atoms with E-state index in [4.69, 9.17) is 11.6 Å². The molecule has 1 aliphatic carbocycles. The standard InChI is InChI=1S/C11H15ClN4O2/c1-7(8-4-2-3-5-8)15-11-9(16(17)18)10(12)13-6-14-11/h6-8H,2-5H2,1H3,(H,13,14,15). The maximum Gasteiger partial charge on any atom is 0.348 e. The highest BCUT2D eigenvalue weighted by Gasteiger charge is 2.26. The van der Waals surface area contributed by atoms with Gasteiger partial charge in [0, 0.05) is 6.04 Å². The van der Waals surface area contributed by atoms with Crippen molar-refractivity contribution in [3.05, 3.63) is 21.6 Å². The predicted octanol–water partition coefficient (Wildman–Crippen LogP) is 3.03. The van der Waals surface area contributed by atoms with Gasteiger partial charge in [0.15, 0.2) is 0 Å². The molecular weight excluding hydrogens is 256 g/mol. The molecule has 18 heavy (non-hydrogen) atoms. The van der Waals surface area contributed by atoms with E-state index in [-0.39, 0.29) is 22.7 Å². The van der Waals surface area contributed by atoms with E-state index in [0.29, 0.717) is 5.92 Å². The average molecular weight is 271 g/mol. The monoisotopic (exact) mass is 270 g/mol. The summed E-state index contributed by atoms with van der Waals surface area (Å²) >= 11 is 5.73. The lowest BCUT2D eigenvalue weighted by molar-refractivity contribution is -0.384. The minimum absolute atomic E-state index is 0.129. The van der Waals surface area contributed by atoms with Gasteiger partial charge in [0.2, 0.25) is 11.0 Å². The number of rotatable bonds is 4. The Bertz CT molecular complexity index is 449. The molecular formula is C11H15ClN4O2. The Morgan fingerprint density at radius 1 is 1.50 bits per heavy atom. The van der Waals surface area contributed by atoms with Crippen LogP contribution >= 0.6 is 11.6 Å². The number of hydrogen-bond acceptors (Lipinski definition) is 5. The zero-order chi connectivity index (χ0) is 13.1. The number of nitro groups is 1. The first-order chi connectivity index (χ1) is 8.59. The Kier molecular flexibility index (Phi) is 3.96. The predicted molar refractivity (Wildman–Crippen MR) is 68.7 cm³/mol. The van der Waals surface area contributed by atoms with Crippen molar-refractivity contribution in [2.45, 2.75) is 38.6 Å². The van der Waals surface area contributed by atoms with Gasteiger partial charge in [0.25, 0.3) is 0 Å². The highest BCUT2D eigenvalue weighted by Crippen LogP contribution is 2.32. The molecule has 2 rings (SSSR count). The Labute approximate surface area is 110 Å². The second kappa shape index (κ2) is 5.48. The number of hydrogen-bond donors (Lipinski definition) is 1. The van der Waals surface area contributed by atoms with Gasteiger partial charge in [0.05, 0.1) is 4.92 Å². The van der Waals surface area contributed by atoms with Gasteiger partial charge in [-0.2, -0.15) is 0 Å². The molecule has 0 bridgehead atoms. The second-order valence-corrected chi connectivity index (χ2v) is 4.95. The summed E-state index contributed by atoms with van der Waals surface area (Å²) in [5.41, 5.74) is -0.246. The molecule has 1 heterocycles. The van der Waals surface area contributed by atoms with E-state index in [9.17, 15) is 10.1 Å². The lowest BCUT2D eigenvalue weighted by atomic mass is 10.00. The number of nitrogens with zero attached hydrogens (tertiary/aromatic N) is 3. The van der Waals surface area contributed by atoms with Gasteiger partial charge in [0.1, 0.15) is 6.33 Å². The zero-order valence-electron chi connectivity index (χ0n) is 10.1. The Balaban J connectivity index is 2.17. The summed E-state index contributed by atoms with van der Waals surface area (Å²) in [6, 6.07) is 0.150. The molecule has 1 unspecified atom stereocenters. The third kappa shape index (κ3) is 2.69. The summed E-state index contributed by atoms with van der Waals surface area (Å²) in [4.78, 5) is 18.0. The van der Waals surface area contributed by atoms with Gasteiger partial charge in [-0.3, -0.25) is 10.1 Å². The van der Waals surface area contributed by atoms with Crippen molar-refractivity contribution >= 4 is 23.1 Å². The van der Waals surface area contributed by atoms with Crippen LogP contribution in [-0.2, 0) is 0 Å². The van der Waals surface area contributed by atoms with E-state index >= 15 is 0 Å². The first-order valence-corrected chi connectivity index (χ1v) is 6.39. The first kappa shape index (κ1) is 13.0. The molecule has 7 heteroatoms. The molecule has 98 valence electrons. The SMILES string of the molecule is CC(Nc1ncnc(Cl)c1[N+](=O)[O-])C1CCCC1. The van der Waals surface area contributed by atoms with Crippen LogP contribution in [0, 0.1) is 16.0 Å². The summed E-state index contributed by atoms with van der Waals surface area (Å²) in [7, 11) is 0. The molecule has 6 nitrogen and oxygen atoms in total. The lowest BCUT2D eigenvalue weighted by Gasteiger charge is -2.20. The summed E-state index contributed by atoms with van der Waals surface area (Å²) in [6.45, 7) is 2.02. The van der Waals surface area contributed by atoms with E-state index in [1.165, 1.54) is 19.2 Å². The molecule has 1 aromatic heterocycles. The Hall–Kier alpha value is -1.43. The molecule has 0 amide bonds. The molecule has 0 aromatic carbocycles. The Morgan fingerprint density at radius 2 is 2.17 bits per heavy atom. The van der Waals surface area contributed by atoms with Crippen molar-refractivity contribution in [2.24, 2.45) is 5.92 Å². The maximum atomic E-state index is 10.9. The highest BCUT2D eigenvalue weighted by molar-refractivity contribution is 6.31. The normalized spacial score (nSPS) is 17.7. The van der Waals surface area contributed by atoms with E-state index < -0.39 is 4.92 Å². The fraction of sp³-hybridized carbons (Fsp3) is 0.636. The van der Waals surface area contributed by atoms with Crippen LogP contribution in [0.1, 0.15) is 32.6 Å². The minimum atomic E-state index is -0.550. The van der Waals surface area contributed by atoms with Crippen LogP contribution in [-0.4, -0.2) is 20.9 Å². The van der Waals surface area contributed by atoms with Crippen molar-refractivity contribution in [2.75, 3.05) is 5.32 Å². The molecule has 0 spiro atoms. The minimum Gasteiger partial charge on any atom is -0.361 e. The van der Waals surface area contributed by atoms with Crippen molar-refractivity contribution < 1.29 is 4.92 Å². The smallest absolute Gasteiger partial charge is 0.348 e. The molecule has 0 aliphatic heterocycles. The molecule has 1 atom stereocenters. The van der Waals surface area contributed by atoms with Crippen LogP contribution in [0.25, 0.3) is 0 Å². The van der Waals surface area contributed by atoms with E-state index in [2.05, 4.69) is 15.3 Å². The van der Waals surface area contributed by atoms with Crippen LogP contribution in [0.2, 0.25) is 5.15 Å². The maximum absolute atomic E-state index is 10.9. The van der Waals surface area contributed by atoms with E-state index in [1.54, 1.807) is 0 Å². The fourth-order valence-electron chi connectivity index (χ4n) is 2.42. The molecule has 0 saturated heterocycles. The quantitative estimate of drug-likeness (QED) is 0.517. The van der Waals surface area contributed by atoms with E-state index in [0.717, 1.165) is 12.8 Å². The fourth-order valence-corrected chi connectivity index (χ4v) is 2.62. The molecule has 1 aliphatic rings. The van der Waals surface area contributed by atoms with Gasteiger partial charge >= 0.3 is 5.69 Å². The van der Waals surface area contributed by atoms with Crippen molar-refractivity contribution in [1.82, 2.24) is 9.97 Å². The molecule has 1 fully saturated rings. The van der Waals surface area contributed by atoms with Gasteiger partial charge in [-0.1, -0.05) is 24.4 Å². The number of aromatic nitrogens is 2. The zero-order valence-corrected chi connectivity index (χ0v) is 10.9. The van der Waals surface area contributed by atoms with Crippen molar-refractivity contribution in [3.63, 3.8) is 0 Å². The van der Waals surface area contributed by atoms with Crippen LogP contribution in [0.4, 0.5) is 11.5 Å². The topological polar surface area (TPSA) is 81.0 Å². The van der Waals surface area contributed by atoms with Crippen molar-refractivity contribution in [1.29, 1.82) is 0 Å². The summed E-state index contributed by atoms with van der Waals surface area (Å²) in [6.07, 6.45) is 5.99. The first-order valence-electron chi connectivity index (χ1n) is 6.01. The van der Waals surface area contributed by atoms with Crippen LogP contribution in [0.15, 0.2) is 6.33 Å². The molecule has 1 N–H and O–H groups in total. The van der Waals surface area contributed by atoms with Gasteiger partial charge in [-0.25, -0.2) is 9.97 Å². The number of anilines is 1. The Morgan fingerprint density at radius 3 is 2.78 bits per heavy atom. The van der Waals surface area contributed by atoms with Crippen molar-refractivity contribution in [3.8, 4) is 0 Å². The molecule has 0 radical (unpaired) electrons. The number of halogens is 1. The van der Waals surface area contributed by atoms with Crippen LogP contribution < -0.4 is 5.32 Å². The third-order valence-electron chi connectivity index (χ3n) is 3.43. The van der Waals surface area contributed by atoms with Gasteiger partial charge < -0.3 is 5.32 Å². The summed E-state index contributed by atoms with van der Waals surface area (Å²) in [5.74, 6) is 0.748. The van der Waals surface area contributed by atoms with Gasteiger partial charge in [-0.05, 0) is 25.7 Å². The molecule has 1 saturated carbocycles. The lowest BCUT2D eigenvalue weighted by Crippen LogP contribution is -2.25. The third-order valence-corrected chi connectivity index (χ3v) is 3.71. The second-order valence-electron chi connectivity index (χ2n) is 4.60. The summed E-state index contributed by atoms with van der Waals surface area (Å²) in [5, 5.41) is 13.9. The van der Waals surface area contributed by atoms with Crippen LogP contribution in [0.3, 0.4) is 0 Å². The van der Waals surface area contributed by atoms with Crippen LogP contribution in [0.5, 0.6) is 0 Å². The average Bonchev–Trinajstić information content (AvgIpc) is 2.81. The largest absolute Gasteiger partial charge is 0.361 e. The van der Waals surface area contributed by atoms with Gasteiger partial charge in [-0.15, -0.1) is 0 Å². The van der Waals surface area contributed by atoms with E-state index in [1.807, 2.05) is 6.92 Å². The molecule has 1 aromatic rings. The highest BCUT2D eigenvalue weighted by atomic mass is 35.5. The number of nitrogens with one attached hydrogen (secondary N) is 1. The summed E-state index contributed by atoms with van der Waals surface area (Å²) < 4.78 is 0.